The maximum absolute atomic E-state index is 12.1. The van der Waals surface area contributed by atoms with Crippen molar-refractivity contribution in [3.8, 4) is 0 Å². The van der Waals surface area contributed by atoms with E-state index in [1.165, 1.54) is 12.1 Å². The van der Waals surface area contributed by atoms with E-state index in [1.807, 2.05) is 0 Å². The molecule has 0 saturated heterocycles. The van der Waals surface area contributed by atoms with Gasteiger partial charge in [0.2, 0.25) is 10.0 Å². The van der Waals surface area contributed by atoms with E-state index in [4.69, 9.17) is 23.2 Å². The molecule has 0 aromatic heterocycles. The van der Waals surface area contributed by atoms with Crippen LogP contribution in [0.4, 0.5) is 0 Å². The van der Waals surface area contributed by atoms with Crippen molar-refractivity contribution in [3.63, 3.8) is 0 Å². The van der Waals surface area contributed by atoms with Gasteiger partial charge >= 0.3 is 0 Å². The number of benzene rings is 2. The molecule has 19 heavy (non-hydrogen) atoms. The van der Waals surface area contributed by atoms with E-state index in [0.717, 1.165) is 5.56 Å². The lowest BCUT2D eigenvalue weighted by Gasteiger charge is -2.08. The second-order valence-electron chi connectivity index (χ2n) is 3.88. The van der Waals surface area contributed by atoms with Crippen molar-refractivity contribution in [2.75, 3.05) is 0 Å². The first-order valence-corrected chi connectivity index (χ1v) is 7.71. The zero-order chi connectivity index (χ0) is 13.9. The smallest absolute Gasteiger partial charge is 0.207 e. The Kier molecular flexibility index (Phi) is 4.47. The molecule has 0 saturated carbocycles. The number of rotatable bonds is 4. The molecule has 0 radical (unpaired) electrons. The molecular formula is C13H11Cl2NO2S. The van der Waals surface area contributed by atoms with Gasteiger partial charge in [-0.1, -0.05) is 47.5 Å². The van der Waals surface area contributed by atoms with Gasteiger partial charge in [-0.25, -0.2) is 13.1 Å². The van der Waals surface area contributed by atoms with Crippen LogP contribution in [-0.2, 0) is 16.6 Å². The molecule has 0 aliphatic carbocycles. The van der Waals surface area contributed by atoms with Crippen molar-refractivity contribution in [2.24, 2.45) is 0 Å². The summed E-state index contributed by atoms with van der Waals surface area (Å²) in [6, 6.07) is 13.3. The molecule has 2 rings (SSSR count). The van der Waals surface area contributed by atoms with Gasteiger partial charge in [-0.05, 0) is 29.8 Å². The Morgan fingerprint density at radius 1 is 1.00 bits per heavy atom. The monoisotopic (exact) mass is 315 g/mol. The Balaban J connectivity index is 2.17. The summed E-state index contributed by atoms with van der Waals surface area (Å²) >= 11 is 11.7. The Morgan fingerprint density at radius 3 is 2.42 bits per heavy atom. The Hall–Kier alpha value is -1.07. The largest absolute Gasteiger partial charge is 0.242 e. The molecule has 0 unspecified atom stereocenters. The number of hydrogen-bond acceptors (Lipinski definition) is 2. The summed E-state index contributed by atoms with van der Waals surface area (Å²) in [5.41, 5.74) is 0.781. The predicted octanol–water partition coefficient (Wildman–Crippen LogP) is 3.47. The molecule has 100 valence electrons. The molecule has 6 heteroatoms. The van der Waals surface area contributed by atoms with Gasteiger partial charge in [-0.15, -0.1) is 0 Å². The van der Waals surface area contributed by atoms with Crippen molar-refractivity contribution in [2.45, 2.75) is 11.4 Å². The molecule has 0 aliphatic heterocycles. The summed E-state index contributed by atoms with van der Waals surface area (Å²) in [5, 5.41) is 0.760. The third kappa shape index (κ3) is 3.70. The van der Waals surface area contributed by atoms with E-state index < -0.39 is 10.0 Å². The molecule has 0 fully saturated rings. The molecule has 0 bridgehead atoms. The van der Waals surface area contributed by atoms with Crippen LogP contribution in [0.15, 0.2) is 53.4 Å². The van der Waals surface area contributed by atoms with Gasteiger partial charge in [0.1, 0.15) is 4.90 Å². The second-order valence-corrected chi connectivity index (χ2v) is 6.46. The van der Waals surface area contributed by atoms with Crippen LogP contribution in [-0.4, -0.2) is 8.42 Å². The third-order valence-electron chi connectivity index (χ3n) is 2.48. The molecule has 0 amide bonds. The Bertz CT molecular complexity index is 687. The first-order chi connectivity index (χ1) is 8.99. The highest BCUT2D eigenvalue weighted by Crippen LogP contribution is 2.20. The maximum atomic E-state index is 12.1. The van der Waals surface area contributed by atoms with Crippen LogP contribution < -0.4 is 4.72 Å². The van der Waals surface area contributed by atoms with E-state index in [2.05, 4.69) is 4.72 Å². The maximum Gasteiger partial charge on any atom is 0.242 e. The average molecular weight is 316 g/mol. The van der Waals surface area contributed by atoms with Crippen LogP contribution in [0.5, 0.6) is 0 Å². The van der Waals surface area contributed by atoms with Crippen LogP contribution in [0.2, 0.25) is 10.0 Å². The zero-order valence-corrected chi connectivity index (χ0v) is 12.1. The predicted molar refractivity (Wildman–Crippen MR) is 76.9 cm³/mol. The average Bonchev–Trinajstić information content (AvgIpc) is 2.37. The van der Waals surface area contributed by atoms with Crippen molar-refractivity contribution < 1.29 is 8.42 Å². The van der Waals surface area contributed by atoms with E-state index in [9.17, 15) is 8.42 Å². The van der Waals surface area contributed by atoms with Crippen LogP contribution >= 0.6 is 23.2 Å². The van der Waals surface area contributed by atoms with E-state index in [1.54, 1.807) is 36.4 Å². The highest BCUT2D eigenvalue weighted by atomic mass is 35.5. The summed E-state index contributed by atoms with van der Waals surface area (Å²) < 4.78 is 26.7. The molecule has 1 N–H and O–H groups in total. The Morgan fingerprint density at radius 2 is 1.74 bits per heavy atom. The first kappa shape index (κ1) is 14.3. The fourth-order valence-corrected chi connectivity index (χ4v) is 3.31. The number of sulfonamides is 1. The van der Waals surface area contributed by atoms with Gasteiger partial charge in [0, 0.05) is 11.6 Å². The highest BCUT2D eigenvalue weighted by molar-refractivity contribution is 7.89. The molecule has 0 heterocycles. The number of nitrogens with one attached hydrogen (secondary N) is 1. The molecule has 3 nitrogen and oxygen atoms in total. The lowest BCUT2D eigenvalue weighted by atomic mass is 10.2. The second kappa shape index (κ2) is 5.92. The third-order valence-corrected chi connectivity index (χ3v) is 4.62. The van der Waals surface area contributed by atoms with E-state index >= 15 is 0 Å². The number of hydrogen-bond donors (Lipinski definition) is 1. The van der Waals surface area contributed by atoms with Crippen LogP contribution in [0.1, 0.15) is 5.56 Å². The van der Waals surface area contributed by atoms with Gasteiger partial charge in [-0.3, -0.25) is 0 Å². The van der Waals surface area contributed by atoms with Gasteiger partial charge in [0.05, 0.1) is 5.02 Å². The minimum atomic E-state index is -3.63. The first-order valence-electron chi connectivity index (χ1n) is 5.48. The van der Waals surface area contributed by atoms with Crippen molar-refractivity contribution in [3.05, 3.63) is 64.1 Å². The standard InChI is InChI=1S/C13H11Cl2NO2S/c14-11-5-3-4-10(8-11)9-16-19(17,18)13-7-2-1-6-12(13)15/h1-8,16H,9H2. The number of halogens is 2. The SMILES string of the molecule is O=S(=O)(NCc1cccc(Cl)c1)c1ccccc1Cl. The van der Waals surface area contributed by atoms with Gasteiger partial charge in [0.15, 0.2) is 0 Å². The lowest BCUT2D eigenvalue weighted by molar-refractivity contribution is 0.581. The van der Waals surface area contributed by atoms with Crippen LogP contribution in [0, 0.1) is 0 Å². The lowest BCUT2D eigenvalue weighted by Crippen LogP contribution is -2.23. The molecule has 0 aliphatic rings. The van der Waals surface area contributed by atoms with Gasteiger partial charge in [-0.2, -0.15) is 0 Å². The summed E-state index contributed by atoms with van der Waals surface area (Å²) in [6.45, 7) is 0.161. The zero-order valence-electron chi connectivity index (χ0n) is 9.81. The van der Waals surface area contributed by atoms with Crippen molar-refractivity contribution in [1.29, 1.82) is 0 Å². The fourth-order valence-electron chi connectivity index (χ4n) is 1.57. The van der Waals surface area contributed by atoms with Crippen molar-refractivity contribution in [1.82, 2.24) is 4.72 Å². The van der Waals surface area contributed by atoms with Gasteiger partial charge < -0.3 is 0 Å². The molecule has 2 aromatic carbocycles. The normalized spacial score (nSPS) is 11.5. The minimum Gasteiger partial charge on any atom is -0.207 e. The van der Waals surface area contributed by atoms with Crippen molar-refractivity contribution >= 4 is 33.2 Å². The Labute approximate surface area is 122 Å². The minimum absolute atomic E-state index is 0.0682. The topological polar surface area (TPSA) is 46.2 Å². The molecule has 0 spiro atoms. The van der Waals surface area contributed by atoms with Crippen LogP contribution in [0.3, 0.4) is 0 Å². The summed E-state index contributed by atoms with van der Waals surface area (Å²) in [4.78, 5) is 0.0682. The van der Waals surface area contributed by atoms with E-state index in [-0.39, 0.29) is 16.5 Å². The quantitative estimate of drug-likeness (QED) is 0.939. The fraction of sp³-hybridized carbons (Fsp3) is 0.0769. The summed E-state index contributed by atoms with van der Waals surface area (Å²) in [5.74, 6) is 0. The van der Waals surface area contributed by atoms with Crippen LogP contribution in [0.25, 0.3) is 0 Å². The molecule has 2 aromatic rings. The summed E-state index contributed by atoms with van der Waals surface area (Å²) in [6.07, 6.45) is 0. The summed E-state index contributed by atoms with van der Waals surface area (Å²) in [7, 11) is -3.63. The van der Waals surface area contributed by atoms with Gasteiger partial charge in [0.25, 0.3) is 0 Å². The molecular weight excluding hydrogens is 305 g/mol. The molecule has 0 atom stereocenters. The highest BCUT2D eigenvalue weighted by Gasteiger charge is 2.16. The van der Waals surface area contributed by atoms with E-state index in [0.29, 0.717) is 5.02 Å².